The molecule has 108 valence electrons. The Hall–Kier alpha value is -1.95. The first-order valence-corrected chi connectivity index (χ1v) is 8.16. The third-order valence-corrected chi connectivity index (χ3v) is 5.09. The predicted octanol–water partition coefficient (Wildman–Crippen LogP) is 2.95. The molecule has 1 aliphatic heterocycles. The summed E-state index contributed by atoms with van der Waals surface area (Å²) in [5.41, 5.74) is 1.10. The minimum atomic E-state index is 0.459. The van der Waals surface area contributed by atoms with E-state index in [-0.39, 0.29) is 0 Å². The van der Waals surface area contributed by atoms with Crippen molar-refractivity contribution in [1.82, 2.24) is 19.7 Å². The van der Waals surface area contributed by atoms with Gasteiger partial charge >= 0.3 is 0 Å². The first-order valence-electron chi connectivity index (χ1n) is 7.35. The predicted molar refractivity (Wildman–Crippen MR) is 84.6 cm³/mol. The SMILES string of the molecule is c1ccc2sc(N3CCCCC3Cn3cncn3)nc2c1. The number of hydrogen-bond acceptors (Lipinski definition) is 5. The van der Waals surface area contributed by atoms with Crippen LogP contribution in [0.25, 0.3) is 10.2 Å². The van der Waals surface area contributed by atoms with Crippen molar-refractivity contribution in [1.29, 1.82) is 0 Å². The maximum atomic E-state index is 4.82. The van der Waals surface area contributed by atoms with Gasteiger partial charge in [-0.15, -0.1) is 0 Å². The topological polar surface area (TPSA) is 46.8 Å². The molecule has 2 aromatic heterocycles. The number of hydrogen-bond donors (Lipinski definition) is 0. The standard InChI is InChI=1S/C15H17N5S/c1-2-7-14-13(6-1)18-15(21-14)20-8-4-3-5-12(20)9-19-11-16-10-17-19/h1-2,6-7,10-12H,3-5,8-9H2. The Kier molecular flexibility index (Phi) is 3.31. The zero-order valence-corrected chi connectivity index (χ0v) is 12.5. The molecule has 4 rings (SSSR count). The van der Waals surface area contributed by atoms with Crippen molar-refractivity contribution in [2.24, 2.45) is 0 Å². The molecule has 3 heterocycles. The van der Waals surface area contributed by atoms with Crippen LogP contribution >= 0.6 is 11.3 Å². The Morgan fingerprint density at radius 3 is 3.05 bits per heavy atom. The second-order valence-corrected chi connectivity index (χ2v) is 6.43. The molecule has 1 unspecified atom stereocenters. The summed E-state index contributed by atoms with van der Waals surface area (Å²) < 4.78 is 3.19. The third-order valence-electron chi connectivity index (χ3n) is 4.02. The number of para-hydroxylation sites is 1. The number of benzene rings is 1. The number of piperidine rings is 1. The van der Waals surface area contributed by atoms with Crippen molar-refractivity contribution >= 4 is 26.7 Å². The molecule has 1 saturated heterocycles. The van der Waals surface area contributed by atoms with Crippen LogP contribution in [0.3, 0.4) is 0 Å². The van der Waals surface area contributed by atoms with Gasteiger partial charge in [0.05, 0.1) is 22.8 Å². The zero-order chi connectivity index (χ0) is 14.1. The van der Waals surface area contributed by atoms with Crippen LogP contribution < -0.4 is 4.90 Å². The molecular weight excluding hydrogens is 282 g/mol. The van der Waals surface area contributed by atoms with E-state index in [0.717, 1.165) is 23.7 Å². The van der Waals surface area contributed by atoms with E-state index in [9.17, 15) is 0 Å². The van der Waals surface area contributed by atoms with Crippen molar-refractivity contribution < 1.29 is 0 Å². The molecule has 0 amide bonds. The molecular formula is C15H17N5S. The number of fused-ring (bicyclic) bond motifs is 1. The highest BCUT2D eigenvalue weighted by molar-refractivity contribution is 7.22. The number of nitrogens with zero attached hydrogens (tertiary/aromatic N) is 5. The number of rotatable bonds is 3. The fourth-order valence-corrected chi connectivity index (χ4v) is 4.03. The van der Waals surface area contributed by atoms with Crippen LogP contribution in [0.4, 0.5) is 5.13 Å². The van der Waals surface area contributed by atoms with Gasteiger partial charge in [-0.1, -0.05) is 23.5 Å². The average molecular weight is 299 g/mol. The van der Waals surface area contributed by atoms with Gasteiger partial charge in [-0.25, -0.2) is 9.97 Å². The average Bonchev–Trinajstić information content (AvgIpc) is 3.16. The maximum absolute atomic E-state index is 4.82. The third kappa shape index (κ3) is 2.51. The molecule has 0 radical (unpaired) electrons. The normalized spacial score (nSPS) is 19.2. The summed E-state index contributed by atoms with van der Waals surface area (Å²) in [6.07, 6.45) is 7.11. The van der Waals surface area contributed by atoms with Gasteiger partial charge in [-0.2, -0.15) is 5.10 Å². The summed E-state index contributed by atoms with van der Waals surface area (Å²) in [7, 11) is 0. The minimum Gasteiger partial charge on any atom is -0.343 e. The maximum Gasteiger partial charge on any atom is 0.186 e. The molecule has 1 fully saturated rings. The molecule has 6 heteroatoms. The lowest BCUT2D eigenvalue weighted by molar-refractivity contribution is 0.398. The summed E-state index contributed by atoms with van der Waals surface area (Å²) >= 11 is 1.79. The lowest BCUT2D eigenvalue weighted by atomic mass is 10.0. The number of aromatic nitrogens is 4. The van der Waals surface area contributed by atoms with Crippen molar-refractivity contribution in [3.8, 4) is 0 Å². The molecule has 1 aromatic carbocycles. The van der Waals surface area contributed by atoms with E-state index in [1.807, 2.05) is 4.68 Å². The first-order chi connectivity index (χ1) is 10.4. The van der Waals surface area contributed by atoms with Crippen LogP contribution in [0, 0.1) is 0 Å². The summed E-state index contributed by atoms with van der Waals surface area (Å²) in [6, 6.07) is 8.82. The molecule has 0 spiro atoms. The van der Waals surface area contributed by atoms with Crippen LogP contribution in [0.5, 0.6) is 0 Å². The quantitative estimate of drug-likeness (QED) is 0.746. The molecule has 0 N–H and O–H groups in total. The lowest BCUT2D eigenvalue weighted by Gasteiger charge is -2.35. The molecule has 1 aliphatic rings. The molecule has 5 nitrogen and oxygen atoms in total. The molecule has 3 aromatic rings. The smallest absolute Gasteiger partial charge is 0.186 e. The Labute approximate surface area is 127 Å². The van der Waals surface area contributed by atoms with E-state index >= 15 is 0 Å². The summed E-state index contributed by atoms with van der Waals surface area (Å²) in [6.45, 7) is 1.97. The molecule has 0 saturated carbocycles. The Bertz CT molecular complexity index is 688. The van der Waals surface area contributed by atoms with Crippen molar-refractivity contribution in [3.05, 3.63) is 36.9 Å². The Morgan fingerprint density at radius 1 is 1.24 bits per heavy atom. The van der Waals surface area contributed by atoms with E-state index in [4.69, 9.17) is 4.98 Å². The van der Waals surface area contributed by atoms with E-state index < -0.39 is 0 Å². The highest BCUT2D eigenvalue weighted by Gasteiger charge is 2.25. The highest BCUT2D eigenvalue weighted by Crippen LogP contribution is 2.32. The molecule has 0 bridgehead atoms. The van der Waals surface area contributed by atoms with Gasteiger partial charge in [0.2, 0.25) is 0 Å². The van der Waals surface area contributed by atoms with Gasteiger partial charge in [-0.05, 0) is 31.4 Å². The van der Waals surface area contributed by atoms with Crippen LogP contribution in [0.1, 0.15) is 19.3 Å². The van der Waals surface area contributed by atoms with Crippen molar-refractivity contribution in [2.75, 3.05) is 11.4 Å². The summed E-state index contributed by atoms with van der Waals surface area (Å²) in [5, 5.41) is 5.38. The van der Waals surface area contributed by atoms with E-state index in [1.165, 1.54) is 24.0 Å². The van der Waals surface area contributed by atoms with Gasteiger partial charge in [0.15, 0.2) is 5.13 Å². The summed E-state index contributed by atoms with van der Waals surface area (Å²) in [4.78, 5) is 11.3. The fourth-order valence-electron chi connectivity index (χ4n) is 2.97. The monoisotopic (exact) mass is 299 g/mol. The van der Waals surface area contributed by atoms with Crippen LogP contribution in [-0.4, -0.2) is 32.3 Å². The molecule has 1 atom stereocenters. The van der Waals surface area contributed by atoms with Gasteiger partial charge in [0.1, 0.15) is 12.7 Å². The van der Waals surface area contributed by atoms with Crippen molar-refractivity contribution in [2.45, 2.75) is 31.8 Å². The number of thiazole rings is 1. The van der Waals surface area contributed by atoms with E-state index in [0.29, 0.717) is 6.04 Å². The Morgan fingerprint density at radius 2 is 2.19 bits per heavy atom. The van der Waals surface area contributed by atoms with Crippen LogP contribution in [0.15, 0.2) is 36.9 Å². The van der Waals surface area contributed by atoms with Crippen molar-refractivity contribution in [3.63, 3.8) is 0 Å². The second kappa shape index (κ2) is 5.44. The van der Waals surface area contributed by atoms with Gasteiger partial charge in [0.25, 0.3) is 0 Å². The molecule has 0 aliphatic carbocycles. The van der Waals surface area contributed by atoms with Crippen LogP contribution in [-0.2, 0) is 6.54 Å². The van der Waals surface area contributed by atoms with E-state index in [2.05, 4.69) is 39.2 Å². The largest absolute Gasteiger partial charge is 0.343 e. The number of anilines is 1. The fraction of sp³-hybridized carbons (Fsp3) is 0.400. The van der Waals surface area contributed by atoms with Crippen LogP contribution in [0.2, 0.25) is 0 Å². The van der Waals surface area contributed by atoms with Gasteiger partial charge in [-0.3, -0.25) is 4.68 Å². The first kappa shape index (κ1) is 12.8. The minimum absolute atomic E-state index is 0.459. The zero-order valence-electron chi connectivity index (χ0n) is 11.7. The van der Waals surface area contributed by atoms with Gasteiger partial charge in [0, 0.05) is 6.54 Å². The molecule has 21 heavy (non-hydrogen) atoms. The van der Waals surface area contributed by atoms with Gasteiger partial charge < -0.3 is 4.90 Å². The lowest BCUT2D eigenvalue weighted by Crippen LogP contribution is -2.42. The van der Waals surface area contributed by atoms with E-state index in [1.54, 1.807) is 24.0 Å². The second-order valence-electron chi connectivity index (χ2n) is 5.42. The highest BCUT2D eigenvalue weighted by atomic mass is 32.1. The Balaban J connectivity index is 1.63. The summed E-state index contributed by atoms with van der Waals surface area (Å²) in [5.74, 6) is 0.